The molecule has 106 valence electrons. The van der Waals surface area contributed by atoms with E-state index < -0.39 is 11.7 Å². The van der Waals surface area contributed by atoms with E-state index >= 15 is 0 Å². The summed E-state index contributed by atoms with van der Waals surface area (Å²) in [5, 5.41) is 0. The van der Waals surface area contributed by atoms with Crippen LogP contribution in [-0.4, -0.2) is 7.11 Å². The molecule has 2 aromatic rings. The number of alkyl halides is 3. The fourth-order valence-corrected chi connectivity index (χ4v) is 2.17. The number of rotatable bonds is 3. The number of aryl methyl sites for hydroxylation is 1. The molecule has 0 N–H and O–H groups in total. The van der Waals surface area contributed by atoms with E-state index in [0.29, 0.717) is 12.2 Å². The molecule has 0 spiro atoms. The Morgan fingerprint density at radius 3 is 2.40 bits per heavy atom. The highest BCUT2D eigenvalue weighted by Crippen LogP contribution is 2.33. The van der Waals surface area contributed by atoms with Gasteiger partial charge in [-0.1, -0.05) is 30.3 Å². The average molecular weight is 280 g/mol. The summed E-state index contributed by atoms with van der Waals surface area (Å²) in [5.41, 5.74) is 2.67. The molecule has 2 rings (SSSR count). The Kier molecular flexibility index (Phi) is 4.14. The van der Waals surface area contributed by atoms with Gasteiger partial charge >= 0.3 is 6.18 Å². The van der Waals surface area contributed by atoms with E-state index in [4.69, 9.17) is 4.74 Å². The van der Waals surface area contributed by atoms with Gasteiger partial charge in [-0.15, -0.1) is 0 Å². The van der Waals surface area contributed by atoms with Crippen LogP contribution in [0.25, 0.3) is 11.1 Å². The Morgan fingerprint density at radius 2 is 1.80 bits per heavy atom. The second-order valence-corrected chi connectivity index (χ2v) is 4.66. The number of hydrogen-bond donors (Lipinski definition) is 0. The molecule has 0 atom stereocenters. The standard InChI is InChI=1S/C16H15F3O/c1-11-8-12(10-20-2)6-7-15(11)13-4-3-5-14(9-13)16(17,18)19/h3-9H,10H2,1-2H3. The maximum Gasteiger partial charge on any atom is 0.416 e. The summed E-state index contributed by atoms with van der Waals surface area (Å²) in [6, 6.07) is 11.0. The van der Waals surface area contributed by atoms with Crippen LogP contribution in [0.3, 0.4) is 0 Å². The summed E-state index contributed by atoms with van der Waals surface area (Å²) in [6.07, 6.45) is -4.32. The van der Waals surface area contributed by atoms with E-state index in [0.717, 1.165) is 22.8 Å². The molecule has 1 nitrogen and oxygen atoms in total. The number of benzene rings is 2. The van der Waals surface area contributed by atoms with Gasteiger partial charge < -0.3 is 4.74 Å². The molecule has 0 fully saturated rings. The van der Waals surface area contributed by atoms with Crippen LogP contribution in [0.5, 0.6) is 0 Å². The highest BCUT2D eigenvalue weighted by Gasteiger charge is 2.30. The van der Waals surface area contributed by atoms with Gasteiger partial charge in [-0.3, -0.25) is 0 Å². The highest BCUT2D eigenvalue weighted by molar-refractivity contribution is 5.68. The molecule has 0 unspecified atom stereocenters. The summed E-state index contributed by atoms with van der Waals surface area (Å²) < 4.78 is 43.2. The van der Waals surface area contributed by atoms with Gasteiger partial charge in [-0.2, -0.15) is 13.2 Å². The molecule has 0 bridgehead atoms. The van der Waals surface area contributed by atoms with Crippen LogP contribution < -0.4 is 0 Å². The van der Waals surface area contributed by atoms with Gasteiger partial charge in [0.25, 0.3) is 0 Å². The van der Waals surface area contributed by atoms with Crippen LogP contribution in [0.1, 0.15) is 16.7 Å². The van der Waals surface area contributed by atoms with E-state index in [1.807, 2.05) is 25.1 Å². The quantitative estimate of drug-likeness (QED) is 0.782. The molecule has 0 heterocycles. The number of methoxy groups -OCH3 is 1. The van der Waals surface area contributed by atoms with Gasteiger partial charge in [0.2, 0.25) is 0 Å². The second kappa shape index (κ2) is 5.67. The molecule has 0 aliphatic rings. The minimum absolute atomic E-state index is 0.490. The lowest BCUT2D eigenvalue weighted by Gasteiger charge is -2.11. The minimum Gasteiger partial charge on any atom is -0.380 e. The molecule has 0 amide bonds. The average Bonchev–Trinajstić information content (AvgIpc) is 2.38. The van der Waals surface area contributed by atoms with Crippen molar-refractivity contribution in [3.8, 4) is 11.1 Å². The summed E-state index contributed by atoms with van der Waals surface area (Å²) in [7, 11) is 1.61. The van der Waals surface area contributed by atoms with Gasteiger partial charge in [0, 0.05) is 7.11 Å². The predicted octanol–water partition coefficient (Wildman–Crippen LogP) is 4.83. The summed E-state index contributed by atoms with van der Waals surface area (Å²) in [6.45, 7) is 2.37. The Balaban J connectivity index is 2.41. The van der Waals surface area contributed by atoms with Crippen molar-refractivity contribution in [3.05, 3.63) is 59.2 Å². The van der Waals surface area contributed by atoms with Gasteiger partial charge in [0.15, 0.2) is 0 Å². The lowest BCUT2D eigenvalue weighted by atomic mass is 9.97. The predicted molar refractivity (Wildman–Crippen MR) is 72.3 cm³/mol. The molecular weight excluding hydrogens is 265 g/mol. The van der Waals surface area contributed by atoms with Gasteiger partial charge in [0.05, 0.1) is 12.2 Å². The first-order valence-electron chi connectivity index (χ1n) is 6.18. The fraction of sp³-hybridized carbons (Fsp3) is 0.250. The van der Waals surface area contributed by atoms with Crippen LogP contribution in [0, 0.1) is 6.92 Å². The van der Waals surface area contributed by atoms with E-state index in [9.17, 15) is 13.2 Å². The fourth-order valence-electron chi connectivity index (χ4n) is 2.17. The normalized spacial score (nSPS) is 11.7. The van der Waals surface area contributed by atoms with Crippen LogP contribution in [0.2, 0.25) is 0 Å². The first kappa shape index (κ1) is 14.6. The Bertz CT molecular complexity index is 603. The van der Waals surface area contributed by atoms with E-state index in [1.54, 1.807) is 13.2 Å². The van der Waals surface area contributed by atoms with Crippen molar-refractivity contribution in [2.75, 3.05) is 7.11 Å². The molecular formula is C16H15F3O. The molecule has 0 aliphatic carbocycles. The maximum absolute atomic E-state index is 12.7. The largest absolute Gasteiger partial charge is 0.416 e. The van der Waals surface area contributed by atoms with E-state index in [1.165, 1.54) is 12.1 Å². The Morgan fingerprint density at radius 1 is 1.05 bits per heavy atom. The molecule has 0 aliphatic heterocycles. The van der Waals surface area contributed by atoms with E-state index in [2.05, 4.69) is 0 Å². The monoisotopic (exact) mass is 280 g/mol. The van der Waals surface area contributed by atoms with Crippen LogP contribution in [0.4, 0.5) is 13.2 Å². The molecule has 0 saturated heterocycles. The highest BCUT2D eigenvalue weighted by atomic mass is 19.4. The number of hydrogen-bond acceptors (Lipinski definition) is 1. The second-order valence-electron chi connectivity index (χ2n) is 4.66. The molecule has 2 aromatic carbocycles. The van der Waals surface area contributed by atoms with Crippen molar-refractivity contribution in [1.82, 2.24) is 0 Å². The zero-order valence-electron chi connectivity index (χ0n) is 11.3. The smallest absolute Gasteiger partial charge is 0.380 e. The van der Waals surface area contributed by atoms with Crippen molar-refractivity contribution in [1.29, 1.82) is 0 Å². The van der Waals surface area contributed by atoms with Crippen LogP contribution in [-0.2, 0) is 17.5 Å². The summed E-state index contributed by atoms with van der Waals surface area (Å²) in [5.74, 6) is 0. The van der Waals surface area contributed by atoms with Crippen molar-refractivity contribution in [3.63, 3.8) is 0 Å². The number of ether oxygens (including phenoxy) is 1. The minimum atomic E-state index is -4.32. The van der Waals surface area contributed by atoms with Crippen molar-refractivity contribution >= 4 is 0 Å². The first-order chi connectivity index (χ1) is 9.41. The van der Waals surface area contributed by atoms with Gasteiger partial charge in [0.1, 0.15) is 0 Å². The molecule has 4 heteroatoms. The van der Waals surface area contributed by atoms with Crippen molar-refractivity contribution < 1.29 is 17.9 Å². The SMILES string of the molecule is COCc1ccc(-c2cccc(C(F)(F)F)c2)c(C)c1. The Labute approximate surface area is 116 Å². The Hall–Kier alpha value is -1.81. The van der Waals surface area contributed by atoms with Crippen molar-refractivity contribution in [2.24, 2.45) is 0 Å². The van der Waals surface area contributed by atoms with Crippen LogP contribution >= 0.6 is 0 Å². The van der Waals surface area contributed by atoms with Gasteiger partial charge in [-0.05, 0) is 41.3 Å². The van der Waals surface area contributed by atoms with Crippen LogP contribution in [0.15, 0.2) is 42.5 Å². The zero-order chi connectivity index (χ0) is 14.8. The molecule has 20 heavy (non-hydrogen) atoms. The molecule has 0 radical (unpaired) electrons. The topological polar surface area (TPSA) is 9.23 Å². The molecule has 0 saturated carbocycles. The lowest BCUT2D eigenvalue weighted by molar-refractivity contribution is -0.137. The summed E-state index contributed by atoms with van der Waals surface area (Å²) >= 11 is 0. The first-order valence-corrected chi connectivity index (χ1v) is 6.18. The number of halogens is 3. The van der Waals surface area contributed by atoms with Gasteiger partial charge in [-0.25, -0.2) is 0 Å². The maximum atomic E-state index is 12.7. The van der Waals surface area contributed by atoms with Crippen molar-refractivity contribution in [2.45, 2.75) is 19.7 Å². The third-order valence-electron chi connectivity index (χ3n) is 3.10. The summed E-state index contributed by atoms with van der Waals surface area (Å²) in [4.78, 5) is 0. The molecule has 0 aromatic heterocycles. The lowest BCUT2D eigenvalue weighted by Crippen LogP contribution is -2.04. The third kappa shape index (κ3) is 3.20. The van der Waals surface area contributed by atoms with E-state index in [-0.39, 0.29) is 0 Å². The zero-order valence-corrected chi connectivity index (χ0v) is 11.3. The third-order valence-corrected chi connectivity index (χ3v) is 3.10.